The molecule has 1 aromatic heterocycles. The van der Waals surface area contributed by atoms with Gasteiger partial charge < -0.3 is 5.11 Å². The predicted molar refractivity (Wildman–Crippen MR) is 68.7 cm³/mol. The van der Waals surface area contributed by atoms with Gasteiger partial charge in [-0.15, -0.1) is 0 Å². The fourth-order valence-electron chi connectivity index (χ4n) is 2.91. The van der Waals surface area contributed by atoms with Crippen LogP contribution in [0, 0.1) is 5.92 Å². The molecule has 0 radical (unpaired) electrons. The molecular formula is C15H17NO. The van der Waals surface area contributed by atoms with Gasteiger partial charge in [-0.3, -0.25) is 4.98 Å². The molecule has 1 N–H and O–H groups in total. The molecule has 17 heavy (non-hydrogen) atoms. The monoisotopic (exact) mass is 227 g/mol. The smallest absolute Gasteiger partial charge is 0.0824 e. The molecule has 1 fully saturated rings. The molecule has 0 spiro atoms. The van der Waals surface area contributed by atoms with Crippen molar-refractivity contribution >= 4 is 10.9 Å². The highest BCUT2D eigenvalue weighted by Crippen LogP contribution is 2.37. The maximum absolute atomic E-state index is 10.5. The molecule has 2 aromatic rings. The number of nitrogens with zero attached hydrogens (tertiary/aromatic N) is 1. The lowest BCUT2D eigenvalue weighted by Gasteiger charge is -2.19. The van der Waals surface area contributed by atoms with Gasteiger partial charge in [-0.25, -0.2) is 0 Å². The number of pyridine rings is 1. The van der Waals surface area contributed by atoms with Crippen LogP contribution in [0.4, 0.5) is 0 Å². The molecule has 1 saturated carbocycles. The van der Waals surface area contributed by atoms with E-state index in [0.717, 1.165) is 29.3 Å². The fourth-order valence-corrected chi connectivity index (χ4v) is 2.91. The van der Waals surface area contributed by atoms with Gasteiger partial charge in [0.15, 0.2) is 0 Å². The van der Waals surface area contributed by atoms with Crippen molar-refractivity contribution in [2.75, 3.05) is 0 Å². The van der Waals surface area contributed by atoms with Gasteiger partial charge in [0.05, 0.1) is 11.6 Å². The van der Waals surface area contributed by atoms with Crippen LogP contribution in [0.1, 0.15) is 37.4 Å². The summed E-state index contributed by atoms with van der Waals surface area (Å²) in [6, 6.07) is 10.0. The zero-order valence-corrected chi connectivity index (χ0v) is 9.84. The summed E-state index contributed by atoms with van der Waals surface area (Å²) in [7, 11) is 0. The highest BCUT2D eigenvalue weighted by atomic mass is 16.3. The highest BCUT2D eigenvalue weighted by Gasteiger charge is 2.25. The van der Waals surface area contributed by atoms with Crippen LogP contribution < -0.4 is 0 Å². The second-order valence-corrected chi connectivity index (χ2v) is 4.91. The van der Waals surface area contributed by atoms with Crippen molar-refractivity contribution in [3.63, 3.8) is 0 Å². The van der Waals surface area contributed by atoms with Crippen molar-refractivity contribution in [1.82, 2.24) is 4.98 Å². The largest absolute Gasteiger partial charge is 0.388 e. The average Bonchev–Trinajstić information content (AvgIpc) is 2.91. The molecule has 0 amide bonds. The van der Waals surface area contributed by atoms with Gasteiger partial charge in [0.1, 0.15) is 0 Å². The lowest BCUT2D eigenvalue weighted by molar-refractivity contribution is 0.113. The first-order valence-corrected chi connectivity index (χ1v) is 6.38. The van der Waals surface area contributed by atoms with Crippen LogP contribution >= 0.6 is 0 Å². The van der Waals surface area contributed by atoms with Crippen molar-refractivity contribution < 1.29 is 5.11 Å². The number of hydrogen-bond donors (Lipinski definition) is 1. The lowest BCUT2D eigenvalue weighted by Crippen LogP contribution is -2.09. The van der Waals surface area contributed by atoms with Crippen LogP contribution in [0.2, 0.25) is 0 Å². The van der Waals surface area contributed by atoms with Crippen LogP contribution in [0.3, 0.4) is 0 Å². The van der Waals surface area contributed by atoms with Gasteiger partial charge in [0.25, 0.3) is 0 Å². The minimum absolute atomic E-state index is 0.328. The molecular weight excluding hydrogens is 210 g/mol. The van der Waals surface area contributed by atoms with E-state index in [-0.39, 0.29) is 6.10 Å². The van der Waals surface area contributed by atoms with E-state index in [9.17, 15) is 5.11 Å². The Balaban J connectivity index is 2.04. The Hall–Kier alpha value is -1.41. The van der Waals surface area contributed by atoms with Crippen molar-refractivity contribution in [3.05, 3.63) is 42.1 Å². The SMILES string of the molecule is OC(c1cccc2ncccc12)C1CCCC1. The third-order valence-electron chi connectivity index (χ3n) is 3.84. The van der Waals surface area contributed by atoms with Gasteiger partial charge in [0, 0.05) is 11.6 Å². The maximum Gasteiger partial charge on any atom is 0.0824 e. The minimum Gasteiger partial charge on any atom is -0.388 e. The van der Waals surface area contributed by atoms with Crippen LogP contribution in [0.25, 0.3) is 10.9 Å². The van der Waals surface area contributed by atoms with Gasteiger partial charge in [0.2, 0.25) is 0 Å². The summed E-state index contributed by atoms with van der Waals surface area (Å²) in [6.07, 6.45) is 6.28. The molecule has 0 saturated heterocycles. The predicted octanol–water partition coefficient (Wildman–Crippen LogP) is 3.46. The number of rotatable bonds is 2. The number of aliphatic hydroxyl groups is 1. The Morgan fingerprint density at radius 1 is 1.12 bits per heavy atom. The fraction of sp³-hybridized carbons (Fsp3) is 0.400. The molecule has 2 heteroatoms. The molecule has 3 rings (SSSR count). The number of aliphatic hydroxyl groups excluding tert-OH is 1. The van der Waals surface area contributed by atoms with Crippen molar-refractivity contribution in [2.24, 2.45) is 5.92 Å². The molecule has 1 unspecified atom stereocenters. The van der Waals surface area contributed by atoms with Crippen molar-refractivity contribution in [1.29, 1.82) is 0 Å². The zero-order chi connectivity index (χ0) is 11.7. The second kappa shape index (κ2) is 4.46. The van der Waals surface area contributed by atoms with Crippen LogP contribution in [0.5, 0.6) is 0 Å². The summed E-state index contributed by atoms with van der Waals surface area (Å²) in [5.41, 5.74) is 2.02. The minimum atomic E-state index is -0.328. The van der Waals surface area contributed by atoms with E-state index in [0.29, 0.717) is 5.92 Å². The van der Waals surface area contributed by atoms with Gasteiger partial charge in [-0.2, -0.15) is 0 Å². The van der Waals surface area contributed by atoms with E-state index in [2.05, 4.69) is 11.1 Å². The molecule has 0 aliphatic heterocycles. The normalized spacial score (nSPS) is 18.6. The topological polar surface area (TPSA) is 33.1 Å². The number of benzene rings is 1. The number of aromatic nitrogens is 1. The van der Waals surface area contributed by atoms with Gasteiger partial charge in [-0.05, 0) is 36.5 Å². The van der Waals surface area contributed by atoms with E-state index in [1.165, 1.54) is 12.8 Å². The first-order chi connectivity index (χ1) is 8.36. The summed E-state index contributed by atoms with van der Waals surface area (Å²) in [6.45, 7) is 0. The van der Waals surface area contributed by atoms with E-state index in [1.807, 2.05) is 24.3 Å². The third kappa shape index (κ3) is 1.93. The van der Waals surface area contributed by atoms with Crippen LogP contribution in [0.15, 0.2) is 36.5 Å². The molecule has 1 aliphatic carbocycles. The molecule has 1 heterocycles. The molecule has 88 valence electrons. The number of fused-ring (bicyclic) bond motifs is 1. The summed E-state index contributed by atoms with van der Waals surface area (Å²) in [5, 5.41) is 11.6. The van der Waals surface area contributed by atoms with Gasteiger partial charge >= 0.3 is 0 Å². The lowest BCUT2D eigenvalue weighted by atomic mass is 9.92. The van der Waals surface area contributed by atoms with Crippen LogP contribution in [-0.4, -0.2) is 10.1 Å². The highest BCUT2D eigenvalue weighted by molar-refractivity contribution is 5.82. The number of hydrogen-bond acceptors (Lipinski definition) is 2. The molecule has 1 aliphatic rings. The molecule has 1 aromatic carbocycles. The summed E-state index contributed by atoms with van der Waals surface area (Å²) in [5.74, 6) is 0.431. The Kier molecular flexibility index (Phi) is 2.81. The maximum atomic E-state index is 10.5. The van der Waals surface area contributed by atoms with E-state index >= 15 is 0 Å². The van der Waals surface area contributed by atoms with Gasteiger partial charge in [-0.1, -0.05) is 31.0 Å². The quantitative estimate of drug-likeness (QED) is 0.852. The Morgan fingerprint density at radius 3 is 2.76 bits per heavy atom. The Morgan fingerprint density at radius 2 is 1.94 bits per heavy atom. The molecule has 2 nitrogen and oxygen atoms in total. The molecule has 1 atom stereocenters. The third-order valence-corrected chi connectivity index (χ3v) is 3.84. The second-order valence-electron chi connectivity index (χ2n) is 4.91. The first-order valence-electron chi connectivity index (χ1n) is 6.38. The van der Waals surface area contributed by atoms with Crippen molar-refractivity contribution in [2.45, 2.75) is 31.8 Å². The Bertz CT molecular complexity index is 512. The van der Waals surface area contributed by atoms with E-state index in [1.54, 1.807) is 6.20 Å². The molecule has 0 bridgehead atoms. The standard InChI is InChI=1S/C15H17NO/c17-15(11-5-1-2-6-11)13-7-3-9-14-12(13)8-4-10-16-14/h3-4,7-11,15,17H,1-2,5-6H2. The van der Waals surface area contributed by atoms with Crippen molar-refractivity contribution in [3.8, 4) is 0 Å². The van der Waals surface area contributed by atoms with E-state index in [4.69, 9.17) is 0 Å². The van der Waals surface area contributed by atoms with E-state index < -0.39 is 0 Å². The average molecular weight is 227 g/mol. The Labute approximate surface area is 101 Å². The first kappa shape index (κ1) is 10.7. The van der Waals surface area contributed by atoms with Crippen LogP contribution in [-0.2, 0) is 0 Å². The summed E-state index contributed by atoms with van der Waals surface area (Å²) in [4.78, 5) is 4.34. The zero-order valence-electron chi connectivity index (χ0n) is 9.84. The summed E-state index contributed by atoms with van der Waals surface area (Å²) < 4.78 is 0. The summed E-state index contributed by atoms with van der Waals surface area (Å²) >= 11 is 0.